The molecular weight excluding hydrogens is 273 g/mol. The summed E-state index contributed by atoms with van der Waals surface area (Å²) in [6.45, 7) is 1.23. The number of nitrogens with zero attached hydrogens (tertiary/aromatic N) is 3. The normalized spacial score (nSPS) is 14.0. The first kappa shape index (κ1) is 15.4. The van der Waals surface area contributed by atoms with Crippen molar-refractivity contribution < 1.29 is 9.50 Å². The summed E-state index contributed by atoms with van der Waals surface area (Å²) in [5, 5.41) is 12.9. The van der Waals surface area contributed by atoms with Crippen molar-refractivity contribution in [3.63, 3.8) is 0 Å². The van der Waals surface area contributed by atoms with Gasteiger partial charge in [-0.3, -0.25) is 4.98 Å². The molecule has 2 heterocycles. The molecule has 0 aliphatic heterocycles. The van der Waals surface area contributed by atoms with Crippen molar-refractivity contribution >= 4 is 22.8 Å². The lowest BCUT2D eigenvalue weighted by Crippen LogP contribution is -2.35. The fraction of sp³-hybridized carbons (Fsp3) is 0.500. The second-order valence-electron chi connectivity index (χ2n) is 4.92. The van der Waals surface area contributed by atoms with Crippen LogP contribution in [0.4, 0.5) is 16.2 Å². The van der Waals surface area contributed by atoms with Gasteiger partial charge < -0.3 is 16.2 Å². The van der Waals surface area contributed by atoms with Gasteiger partial charge >= 0.3 is 0 Å². The molecule has 0 amide bonds. The third-order valence-electron chi connectivity index (χ3n) is 3.29. The van der Waals surface area contributed by atoms with Crippen LogP contribution in [0.2, 0.25) is 0 Å². The fourth-order valence-corrected chi connectivity index (χ4v) is 2.15. The number of halogens is 1. The average Bonchev–Trinajstić information content (AvgIpc) is 2.50. The van der Waals surface area contributed by atoms with Gasteiger partial charge in [-0.25, -0.2) is 9.37 Å². The van der Waals surface area contributed by atoms with Crippen molar-refractivity contribution in [2.75, 3.05) is 17.7 Å². The molecule has 0 spiro atoms. The third-order valence-corrected chi connectivity index (χ3v) is 3.29. The van der Waals surface area contributed by atoms with Gasteiger partial charge in [0.25, 0.3) is 0 Å². The molecule has 0 radical (unpaired) electrons. The summed E-state index contributed by atoms with van der Waals surface area (Å²) in [7, 11) is 0. The predicted octanol–water partition coefficient (Wildman–Crippen LogP) is 1.91. The molecule has 2 atom stereocenters. The summed E-state index contributed by atoms with van der Waals surface area (Å²) in [4.78, 5) is 12.4. The van der Waals surface area contributed by atoms with Crippen molar-refractivity contribution in [2.24, 2.45) is 0 Å². The van der Waals surface area contributed by atoms with Gasteiger partial charge in [0.1, 0.15) is 18.3 Å². The molecule has 0 aliphatic rings. The molecule has 2 aromatic heterocycles. The summed E-state index contributed by atoms with van der Waals surface area (Å²) in [6, 6.07) is 3.09. The van der Waals surface area contributed by atoms with E-state index in [0.717, 1.165) is 12.8 Å². The van der Waals surface area contributed by atoms with Crippen LogP contribution < -0.4 is 11.1 Å². The van der Waals surface area contributed by atoms with Crippen LogP contribution in [0.5, 0.6) is 0 Å². The molecular formula is C14H20FN5O. The first-order valence-corrected chi connectivity index (χ1v) is 7.04. The quantitative estimate of drug-likeness (QED) is 0.721. The van der Waals surface area contributed by atoms with Crippen LogP contribution in [-0.2, 0) is 0 Å². The Labute approximate surface area is 122 Å². The Morgan fingerprint density at radius 2 is 2.24 bits per heavy atom. The van der Waals surface area contributed by atoms with Gasteiger partial charge in [0.15, 0.2) is 5.82 Å². The van der Waals surface area contributed by atoms with E-state index in [2.05, 4.69) is 20.3 Å². The Morgan fingerprint density at radius 1 is 1.43 bits per heavy atom. The summed E-state index contributed by atoms with van der Waals surface area (Å²) in [6.07, 6.45) is 3.01. The molecule has 2 aromatic rings. The van der Waals surface area contributed by atoms with E-state index in [9.17, 15) is 9.50 Å². The highest BCUT2D eigenvalue weighted by atomic mass is 19.1. The molecule has 7 heteroatoms. The van der Waals surface area contributed by atoms with Gasteiger partial charge in [0.2, 0.25) is 5.95 Å². The smallest absolute Gasteiger partial charge is 0.222 e. The van der Waals surface area contributed by atoms with Gasteiger partial charge in [0, 0.05) is 6.20 Å². The Morgan fingerprint density at radius 3 is 2.95 bits per heavy atom. The number of nitrogens with one attached hydrogen (secondary N) is 1. The van der Waals surface area contributed by atoms with E-state index < -0.39 is 18.8 Å². The minimum absolute atomic E-state index is 0.113. The molecule has 4 N–H and O–H groups in total. The number of hydrogen-bond acceptors (Lipinski definition) is 6. The first-order valence-electron chi connectivity index (χ1n) is 7.04. The Kier molecular flexibility index (Phi) is 5.21. The van der Waals surface area contributed by atoms with Gasteiger partial charge in [-0.1, -0.05) is 19.8 Å². The highest BCUT2D eigenvalue weighted by Gasteiger charge is 2.20. The molecule has 0 saturated carbocycles. The van der Waals surface area contributed by atoms with Gasteiger partial charge in [0.05, 0.1) is 11.6 Å². The van der Waals surface area contributed by atoms with Crippen LogP contribution in [-0.4, -0.2) is 38.9 Å². The van der Waals surface area contributed by atoms with Gasteiger partial charge in [-0.2, -0.15) is 4.98 Å². The number of unbranched alkanes of at least 4 members (excludes halogenated alkanes) is 1. The van der Waals surface area contributed by atoms with Crippen LogP contribution >= 0.6 is 0 Å². The lowest BCUT2D eigenvalue weighted by Gasteiger charge is -2.23. The molecule has 0 aromatic carbocycles. The maximum atomic E-state index is 12.8. The van der Waals surface area contributed by atoms with E-state index in [1.807, 2.05) is 6.92 Å². The lowest BCUT2D eigenvalue weighted by molar-refractivity contribution is 0.116. The van der Waals surface area contributed by atoms with Crippen molar-refractivity contribution in [1.29, 1.82) is 0 Å². The lowest BCUT2D eigenvalue weighted by atomic mass is 10.0. The summed E-state index contributed by atoms with van der Waals surface area (Å²) in [5.41, 5.74) is 6.85. The van der Waals surface area contributed by atoms with E-state index in [1.165, 1.54) is 0 Å². The minimum atomic E-state index is -1.09. The van der Waals surface area contributed by atoms with Crippen molar-refractivity contribution in [3.05, 3.63) is 18.3 Å². The molecule has 1 unspecified atom stereocenters. The second-order valence-corrected chi connectivity index (χ2v) is 4.92. The highest BCUT2D eigenvalue weighted by molar-refractivity contribution is 5.85. The maximum absolute atomic E-state index is 12.8. The molecule has 0 aliphatic carbocycles. The maximum Gasteiger partial charge on any atom is 0.222 e. The van der Waals surface area contributed by atoms with Crippen molar-refractivity contribution in [1.82, 2.24) is 15.0 Å². The van der Waals surface area contributed by atoms with Crippen LogP contribution in [0.3, 0.4) is 0 Å². The Hall–Kier alpha value is -2.02. The fourth-order valence-electron chi connectivity index (χ4n) is 2.15. The standard InChI is InChI=1S/C14H20FN5O/c1-2-3-5-9(11(21)8-15)18-13-12-10(6-4-7-17-12)19-14(16)20-13/h4,6-7,9,11,21H,2-3,5,8H2,1H3,(H3,16,18,19,20)/t9-,11?/m1/s1. The number of aromatic nitrogens is 3. The van der Waals surface area contributed by atoms with Crippen molar-refractivity contribution in [2.45, 2.75) is 38.3 Å². The number of nitrogen functional groups attached to an aromatic ring is 1. The van der Waals surface area contributed by atoms with Crippen molar-refractivity contribution in [3.8, 4) is 0 Å². The number of hydrogen-bond donors (Lipinski definition) is 3. The first-order chi connectivity index (χ1) is 10.2. The second kappa shape index (κ2) is 7.12. The number of alkyl halides is 1. The zero-order chi connectivity index (χ0) is 15.2. The molecule has 0 fully saturated rings. The zero-order valence-electron chi connectivity index (χ0n) is 12.0. The molecule has 2 rings (SSSR count). The number of anilines is 2. The van der Waals surface area contributed by atoms with Crippen LogP contribution in [0.15, 0.2) is 18.3 Å². The largest absolute Gasteiger partial charge is 0.388 e. The Balaban J connectivity index is 2.31. The highest BCUT2D eigenvalue weighted by Crippen LogP contribution is 2.21. The molecule has 0 bridgehead atoms. The SMILES string of the molecule is CCCC[C@@H](Nc1nc(N)nc2cccnc12)C(O)CF. The summed E-state index contributed by atoms with van der Waals surface area (Å²) in [5.74, 6) is 0.536. The zero-order valence-corrected chi connectivity index (χ0v) is 12.0. The van der Waals surface area contributed by atoms with Gasteiger partial charge in [-0.05, 0) is 18.6 Å². The summed E-state index contributed by atoms with van der Waals surface area (Å²) < 4.78 is 12.8. The topological polar surface area (TPSA) is 97.0 Å². The number of nitrogens with two attached hydrogens (primary N) is 1. The molecule has 6 nitrogen and oxygen atoms in total. The van der Waals surface area contributed by atoms with E-state index in [-0.39, 0.29) is 5.95 Å². The minimum Gasteiger partial charge on any atom is -0.388 e. The Bertz CT molecular complexity index is 595. The van der Waals surface area contributed by atoms with Crippen LogP contribution in [0, 0.1) is 0 Å². The van der Waals surface area contributed by atoms with Crippen LogP contribution in [0.25, 0.3) is 11.0 Å². The van der Waals surface area contributed by atoms with E-state index >= 15 is 0 Å². The monoisotopic (exact) mass is 293 g/mol. The van der Waals surface area contributed by atoms with Crippen LogP contribution in [0.1, 0.15) is 26.2 Å². The van der Waals surface area contributed by atoms with E-state index in [1.54, 1.807) is 18.3 Å². The number of fused-ring (bicyclic) bond motifs is 1. The third kappa shape index (κ3) is 3.75. The summed E-state index contributed by atoms with van der Waals surface area (Å²) >= 11 is 0. The number of aliphatic hydroxyl groups is 1. The van der Waals surface area contributed by atoms with E-state index in [4.69, 9.17) is 5.73 Å². The van der Waals surface area contributed by atoms with Gasteiger partial charge in [-0.15, -0.1) is 0 Å². The number of aliphatic hydroxyl groups excluding tert-OH is 1. The molecule has 21 heavy (non-hydrogen) atoms. The molecule has 114 valence electrons. The molecule has 0 saturated heterocycles. The average molecular weight is 293 g/mol. The predicted molar refractivity (Wildman–Crippen MR) is 80.7 cm³/mol. The van der Waals surface area contributed by atoms with E-state index in [0.29, 0.717) is 23.3 Å². The number of rotatable bonds is 7. The number of pyridine rings is 1.